The topological polar surface area (TPSA) is 47.7 Å². The molecule has 3 rings (SSSR count). The lowest BCUT2D eigenvalue weighted by atomic mass is 9.88. The molecule has 128 valence electrons. The Morgan fingerprint density at radius 3 is 2.54 bits per heavy atom. The molecule has 1 fully saturated rings. The Bertz CT molecular complexity index is 708. The van der Waals surface area contributed by atoms with E-state index in [-0.39, 0.29) is 6.04 Å². The van der Waals surface area contributed by atoms with Crippen LogP contribution in [0.5, 0.6) is 11.5 Å². The van der Waals surface area contributed by atoms with Gasteiger partial charge in [-0.3, -0.25) is 0 Å². The van der Waals surface area contributed by atoms with Gasteiger partial charge in [0, 0.05) is 35.8 Å². The maximum atomic E-state index is 6.32. The largest absolute Gasteiger partial charge is 0.493 e. The van der Waals surface area contributed by atoms with Crippen LogP contribution in [-0.2, 0) is 0 Å². The molecule has 0 bridgehead atoms. The normalized spacial score (nSPS) is 20.8. The summed E-state index contributed by atoms with van der Waals surface area (Å²) in [5.41, 5.74) is 8.66. The first-order chi connectivity index (χ1) is 11.6. The van der Waals surface area contributed by atoms with Gasteiger partial charge in [-0.2, -0.15) is 0 Å². The Balaban J connectivity index is 1.86. The minimum atomic E-state index is 0.121. The van der Waals surface area contributed by atoms with Gasteiger partial charge in [0.25, 0.3) is 0 Å². The van der Waals surface area contributed by atoms with E-state index in [0.29, 0.717) is 5.92 Å². The number of methoxy groups -OCH3 is 2. The van der Waals surface area contributed by atoms with Crippen LogP contribution >= 0.6 is 11.6 Å². The molecular weight excluding hydrogens is 324 g/mol. The van der Waals surface area contributed by atoms with Gasteiger partial charge < -0.3 is 20.1 Å². The lowest BCUT2D eigenvalue weighted by Crippen LogP contribution is -2.46. The Labute approximate surface area is 148 Å². The second kappa shape index (κ2) is 7.32. The van der Waals surface area contributed by atoms with Gasteiger partial charge in [0.05, 0.1) is 14.2 Å². The van der Waals surface area contributed by atoms with Crippen molar-refractivity contribution in [3.05, 3.63) is 53.1 Å². The van der Waals surface area contributed by atoms with Crippen molar-refractivity contribution >= 4 is 17.3 Å². The van der Waals surface area contributed by atoms with Crippen LogP contribution in [-0.4, -0.2) is 33.4 Å². The molecule has 1 heterocycles. The summed E-state index contributed by atoms with van der Waals surface area (Å²) in [6, 6.07) is 14.2. The third-order valence-electron chi connectivity index (χ3n) is 4.54. The van der Waals surface area contributed by atoms with Crippen LogP contribution in [0.3, 0.4) is 0 Å². The third-order valence-corrected chi connectivity index (χ3v) is 4.77. The average Bonchev–Trinajstić information content (AvgIpc) is 2.60. The number of nitrogens with zero attached hydrogens (tertiary/aromatic N) is 1. The van der Waals surface area contributed by atoms with Gasteiger partial charge in [0.15, 0.2) is 11.5 Å². The first kappa shape index (κ1) is 16.9. The number of hydrogen-bond acceptors (Lipinski definition) is 4. The van der Waals surface area contributed by atoms with Crippen molar-refractivity contribution in [1.82, 2.24) is 0 Å². The van der Waals surface area contributed by atoms with Crippen LogP contribution in [0.15, 0.2) is 42.5 Å². The maximum absolute atomic E-state index is 6.32. The lowest BCUT2D eigenvalue weighted by molar-refractivity contribution is 0.353. The van der Waals surface area contributed by atoms with Gasteiger partial charge in [-0.25, -0.2) is 0 Å². The van der Waals surface area contributed by atoms with Crippen LogP contribution < -0.4 is 20.1 Å². The molecular formula is C19H23ClN2O2. The zero-order chi connectivity index (χ0) is 17.1. The van der Waals surface area contributed by atoms with Crippen LogP contribution in [0.4, 0.5) is 5.69 Å². The molecule has 2 N–H and O–H groups in total. The SMILES string of the molecule is COc1ccc(C2CC(N)CN(c3cccc(Cl)c3)C2)cc1OC. The Kier molecular flexibility index (Phi) is 5.17. The molecule has 2 aromatic carbocycles. The Hall–Kier alpha value is -1.91. The molecule has 0 aliphatic carbocycles. The van der Waals surface area contributed by atoms with Crippen molar-refractivity contribution in [2.75, 3.05) is 32.2 Å². The number of ether oxygens (including phenoxy) is 2. The van der Waals surface area contributed by atoms with E-state index in [1.54, 1.807) is 14.2 Å². The minimum Gasteiger partial charge on any atom is -0.493 e. The molecule has 24 heavy (non-hydrogen) atoms. The second-order valence-corrected chi connectivity index (χ2v) is 6.63. The Morgan fingerprint density at radius 2 is 1.83 bits per heavy atom. The van der Waals surface area contributed by atoms with Crippen molar-refractivity contribution in [3.8, 4) is 11.5 Å². The van der Waals surface area contributed by atoms with Crippen molar-refractivity contribution in [3.63, 3.8) is 0 Å². The summed E-state index contributed by atoms with van der Waals surface area (Å²) in [6.45, 7) is 1.74. The van der Waals surface area contributed by atoms with Crippen molar-refractivity contribution in [2.24, 2.45) is 5.73 Å². The van der Waals surface area contributed by atoms with Crippen LogP contribution in [0, 0.1) is 0 Å². The summed E-state index contributed by atoms with van der Waals surface area (Å²) in [6.07, 6.45) is 0.951. The number of anilines is 1. The molecule has 2 aromatic rings. The summed E-state index contributed by atoms with van der Waals surface area (Å²) in [5.74, 6) is 1.84. The molecule has 0 radical (unpaired) electrons. The number of nitrogens with two attached hydrogens (primary N) is 1. The van der Waals surface area contributed by atoms with Crippen molar-refractivity contribution < 1.29 is 9.47 Å². The zero-order valence-electron chi connectivity index (χ0n) is 14.0. The smallest absolute Gasteiger partial charge is 0.160 e. The van der Waals surface area contributed by atoms with E-state index in [1.165, 1.54) is 5.56 Å². The maximum Gasteiger partial charge on any atom is 0.160 e. The van der Waals surface area contributed by atoms with Crippen molar-refractivity contribution in [2.45, 2.75) is 18.4 Å². The second-order valence-electron chi connectivity index (χ2n) is 6.19. The quantitative estimate of drug-likeness (QED) is 0.917. The Morgan fingerprint density at radius 1 is 1.04 bits per heavy atom. The third kappa shape index (κ3) is 3.60. The van der Waals surface area contributed by atoms with E-state index >= 15 is 0 Å². The first-order valence-corrected chi connectivity index (χ1v) is 8.46. The fourth-order valence-electron chi connectivity index (χ4n) is 3.37. The molecule has 1 aliphatic heterocycles. The molecule has 2 atom stereocenters. The fraction of sp³-hybridized carbons (Fsp3) is 0.368. The molecule has 4 nitrogen and oxygen atoms in total. The molecule has 1 saturated heterocycles. The minimum absolute atomic E-state index is 0.121. The summed E-state index contributed by atoms with van der Waals surface area (Å²) >= 11 is 6.14. The molecule has 2 unspecified atom stereocenters. The molecule has 0 spiro atoms. The van der Waals surface area contributed by atoms with Gasteiger partial charge in [0.2, 0.25) is 0 Å². The van der Waals surface area contributed by atoms with Crippen LogP contribution in [0.25, 0.3) is 0 Å². The molecule has 5 heteroatoms. The van der Waals surface area contributed by atoms with Crippen LogP contribution in [0.1, 0.15) is 17.9 Å². The van der Waals surface area contributed by atoms with E-state index < -0.39 is 0 Å². The van der Waals surface area contributed by atoms with E-state index in [9.17, 15) is 0 Å². The predicted octanol–water partition coefficient (Wildman–Crippen LogP) is 3.68. The van der Waals surface area contributed by atoms with Gasteiger partial charge in [0.1, 0.15) is 0 Å². The average molecular weight is 347 g/mol. The van der Waals surface area contributed by atoms with Gasteiger partial charge in [-0.1, -0.05) is 23.7 Å². The predicted molar refractivity (Wildman–Crippen MR) is 98.5 cm³/mol. The number of benzene rings is 2. The molecule has 0 amide bonds. The van der Waals surface area contributed by atoms with E-state index in [0.717, 1.165) is 41.7 Å². The summed E-state index contributed by atoms with van der Waals surface area (Å²) in [4.78, 5) is 2.31. The van der Waals surface area contributed by atoms with Crippen LogP contribution in [0.2, 0.25) is 5.02 Å². The van der Waals surface area contributed by atoms with Gasteiger partial charge in [-0.05, 0) is 42.3 Å². The highest BCUT2D eigenvalue weighted by Crippen LogP contribution is 2.35. The molecule has 0 aromatic heterocycles. The number of piperidine rings is 1. The summed E-state index contributed by atoms with van der Waals surface area (Å²) < 4.78 is 10.8. The summed E-state index contributed by atoms with van der Waals surface area (Å²) in [5, 5.41) is 0.745. The monoisotopic (exact) mass is 346 g/mol. The van der Waals surface area contributed by atoms with E-state index in [1.807, 2.05) is 24.3 Å². The number of rotatable bonds is 4. The number of halogens is 1. The fourth-order valence-corrected chi connectivity index (χ4v) is 3.55. The van der Waals surface area contributed by atoms with Gasteiger partial charge >= 0.3 is 0 Å². The number of hydrogen-bond donors (Lipinski definition) is 1. The lowest BCUT2D eigenvalue weighted by Gasteiger charge is -2.38. The van der Waals surface area contributed by atoms with E-state index in [2.05, 4.69) is 23.1 Å². The zero-order valence-corrected chi connectivity index (χ0v) is 14.8. The summed E-state index contributed by atoms with van der Waals surface area (Å²) in [7, 11) is 3.31. The standard InChI is InChI=1S/C19H23ClN2O2/c1-23-18-7-6-13(9-19(18)24-2)14-8-16(21)12-22(11-14)17-5-3-4-15(20)10-17/h3-7,9-10,14,16H,8,11-12,21H2,1-2H3. The first-order valence-electron chi connectivity index (χ1n) is 8.08. The van der Waals surface area contributed by atoms with Gasteiger partial charge in [-0.15, -0.1) is 0 Å². The highest BCUT2D eigenvalue weighted by Gasteiger charge is 2.27. The molecule has 0 saturated carbocycles. The highest BCUT2D eigenvalue weighted by molar-refractivity contribution is 6.30. The molecule has 1 aliphatic rings. The van der Waals surface area contributed by atoms with E-state index in [4.69, 9.17) is 26.8 Å². The highest BCUT2D eigenvalue weighted by atomic mass is 35.5. The van der Waals surface area contributed by atoms with Crippen molar-refractivity contribution in [1.29, 1.82) is 0 Å².